The van der Waals surface area contributed by atoms with Crippen LogP contribution in [0, 0.1) is 16.5 Å². The third-order valence-corrected chi connectivity index (χ3v) is 0.212. The van der Waals surface area contributed by atoms with Gasteiger partial charge in [0.05, 0.1) is 0 Å². The predicted octanol–water partition coefficient (Wildman–Crippen LogP) is -2.09. The van der Waals surface area contributed by atoms with Gasteiger partial charge >= 0.3 is 6.16 Å². The highest BCUT2D eigenvalue weighted by atomic mass is 16.6. The minimum absolute atomic E-state index is 0. The highest BCUT2D eigenvalue weighted by Crippen LogP contribution is 1.70. The Bertz CT molecular complexity index is 144. The van der Waals surface area contributed by atoms with Crippen LogP contribution in [-0.4, -0.2) is 44.2 Å². The summed E-state index contributed by atoms with van der Waals surface area (Å²) in [5.41, 5.74) is 12.0. The van der Waals surface area contributed by atoms with Crippen molar-refractivity contribution in [2.75, 3.05) is 0 Å². The molecule has 0 rings (SSSR count). The van der Waals surface area contributed by atoms with E-state index in [4.69, 9.17) is 31.5 Å². The monoisotopic (exact) mass is 219 g/mol. The van der Waals surface area contributed by atoms with Gasteiger partial charge in [0, 0.05) is 0 Å². The normalized spacial score (nSPS) is 4.57. The van der Waals surface area contributed by atoms with Crippen molar-refractivity contribution in [2.45, 2.75) is 0 Å². The van der Waals surface area contributed by atoms with E-state index in [-0.39, 0.29) is 21.9 Å². The molecule has 0 heterocycles. The third-order valence-electron chi connectivity index (χ3n) is 0.212. The van der Waals surface area contributed by atoms with Crippen LogP contribution >= 0.6 is 0 Å². The quantitative estimate of drug-likeness (QED) is 0.174. The highest BCUT2D eigenvalue weighted by Gasteiger charge is 1.76. The highest BCUT2D eigenvalue weighted by molar-refractivity contribution is 5.76. The first-order valence-corrected chi connectivity index (χ1v) is 1.80. The fraction of sp³-hybridized carbons (Fsp3) is 0. The van der Waals surface area contributed by atoms with E-state index in [0.717, 1.165) is 0 Å². The van der Waals surface area contributed by atoms with Crippen LogP contribution in [0.5, 0.6) is 0 Å². The van der Waals surface area contributed by atoms with Gasteiger partial charge in [0.15, 0.2) is 0 Å². The van der Waals surface area contributed by atoms with Crippen LogP contribution in [0.2, 0.25) is 0 Å². The van der Waals surface area contributed by atoms with Crippen LogP contribution in [0.25, 0.3) is 0 Å². The van der Waals surface area contributed by atoms with Crippen molar-refractivity contribution in [3.05, 3.63) is 0 Å². The lowest BCUT2D eigenvalue weighted by Gasteiger charge is -1.69. The van der Waals surface area contributed by atoms with E-state index in [9.17, 15) is 0 Å². The van der Waals surface area contributed by atoms with Crippen molar-refractivity contribution < 1.29 is 36.9 Å². The zero-order valence-electron chi connectivity index (χ0n) is 6.70. The SMILES string of the molecule is N=NC(=N)N=N.O.O.O.O.O=C(O)O. The van der Waals surface area contributed by atoms with Gasteiger partial charge in [-0.15, -0.1) is 10.2 Å². The van der Waals surface area contributed by atoms with Gasteiger partial charge in [-0.05, 0) is 0 Å². The Hall–Kier alpha value is -2.02. The summed E-state index contributed by atoms with van der Waals surface area (Å²) in [4.78, 5) is 8.56. The molecule has 0 aromatic rings. The van der Waals surface area contributed by atoms with Crippen LogP contribution in [0.4, 0.5) is 4.79 Å². The van der Waals surface area contributed by atoms with Gasteiger partial charge in [0.1, 0.15) is 0 Å². The minimum atomic E-state index is -1.83. The Morgan fingerprint density at radius 3 is 1.07 bits per heavy atom. The second-order valence-electron chi connectivity index (χ2n) is 0.830. The molecule has 13 N–H and O–H groups in total. The molecule has 0 fully saturated rings. The van der Waals surface area contributed by atoms with Crippen molar-refractivity contribution in [3.63, 3.8) is 0 Å². The Morgan fingerprint density at radius 1 is 0.929 bits per heavy atom. The molecule has 12 heteroatoms. The molecular weight excluding hydrogens is 206 g/mol. The topological polar surface area (TPSA) is 280 Å². The van der Waals surface area contributed by atoms with Crippen LogP contribution in [-0.2, 0) is 0 Å². The lowest BCUT2D eigenvalue weighted by Crippen LogP contribution is -1.81. The van der Waals surface area contributed by atoms with E-state index in [1.54, 1.807) is 0 Å². The largest absolute Gasteiger partial charge is 0.503 e. The van der Waals surface area contributed by atoms with Gasteiger partial charge < -0.3 is 32.1 Å². The first kappa shape index (κ1) is 40.4. The smallest absolute Gasteiger partial charge is 0.450 e. The summed E-state index contributed by atoms with van der Waals surface area (Å²) in [5, 5.41) is 25.2. The summed E-state index contributed by atoms with van der Waals surface area (Å²) in [7, 11) is 0. The fourth-order valence-corrected chi connectivity index (χ4v) is 0.0250. The van der Waals surface area contributed by atoms with E-state index in [1.807, 2.05) is 0 Å². The number of nitrogens with one attached hydrogen (secondary N) is 3. The average molecular weight is 219 g/mol. The van der Waals surface area contributed by atoms with Crippen LogP contribution in [0.3, 0.4) is 0 Å². The summed E-state index contributed by atoms with van der Waals surface area (Å²) >= 11 is 0. The number of hydrogen-bond acceptors (Lipinski definition) is 4. The number of guanidine groups is 1. The van der Waals surface area contributed by atoms with E-state index >= 15 is 0 Å². The fourth-order valence-electron chi connectivity index (χ4n) is 0.0250. The maximum Gasteiger partial charge on any atom is 0.503 e. The van der Waals surface area contributed by atoms with Gasteiger partial charge in [-0.2, -0.15) is 0 Å². The zero-order valence-corrected chi connectivity index (χ0v) is 6.70. The van der Waals surface area contributed by atoms with Gasteiger partial charge in [0.25, 0.3) is 5.96 Å². The number of carbonyl (C=O) groups is 1. The molecule has 12 nitrogen and oxygen atoms in total. The number of rotatable bonds is 0. The predicted molar refractivity (Wildman–Crippen MR) is 43.1 cm³/mol. The van der Waals surface area contributed by atoms with Crippen LogP contribution in [0.15, 0.2) is 10.2 Å². The molecule has 0 atom stereocenters. The Balaban J connectivity index is -0.0000000185. The zero-order chi connectivity index (χ0) is 8.57. The molecule has 0 aromatic heterocycles. The van der Waals surface area contributed by atoms with Crippen molar-refractivity contribution in [1.82, 2.24) is 0 Å². The van der Waals surface area contributed by atoms with Crippen LogP contribution < -0.4 is 0 Å². The van der Waals surface area contributed by atoms with Crippen molar-refractivity contribution >= 4 is 12.1 Å². The number of hydrogen-bond donors (Lipinski definition) is 5. The minimum Gasteiger partial charge on any atom is -0.450 e. The molecule has 0 aliphatic carbocycles. The van der Waals surface area contributed by atoms with E-state index in [2.05, 4.69) is 10.2 Å². The average Bonchev–Trinajstić information content (AvgIpc) is 1.85. The summed E-state index contributed by atoms with van der Waals surface area (Å²) in [6, 6.07) is 0. The molecular formula is C2H13N5O7. The second-order valence-corrected chi connectivity index (χ2v) is 0.830. The molecule has 0 saturated heterocycles. The molecule has 0 bridgehead atoms. The lowest BCUT2D eigenvalue weighted by molar-refractivity contribution is 0.137. The van der Waals surface area contributed by atoms with E-state index < -0.39 is 12.1 Å². The summed E-state index contributed by atoms with van der Waals surface area (Å²) in [5.74, 6) is -0.574. The molecule has 14 heavy (non-hydrogen) atoms. The molecule has 0 amide bonds. The van der Waals surface area contributed by atoms with Gasteiger partial charge in [-0.25, -0.2) is 15.9 Å². The Kier molecular flexibility index (Phi) is 88.2. The molecule has 0 radical (unpaired) electrons. The standard InChI is InChI=1S/CH3N5.CH2O3.4H2O/c2-1(5-3)6-4;2-1(3)4;;;;/h2-4H;(H2,2,3,4);4*1H2. The first-order valence-electron chi connectivity index (χ1n) is 1.80. The lowest BCUT2D eigenvalue weighted by atomic mass is 11.1. The van der Waals surface area contributed by atoms with Crippen molar-refractivity contribution in [3.8, 4) is 0 Å². The number of nitrogens with zero attached hydrogens (tertiary/aromatic N) is 2. The maximum atomic E-state index is 8.56. The third kappa shape index (κ3) is 205. The Labute approximate surface area is 76.9 Å². The van der Waals surface area contributed by atoms with Crippen LogP contribution in [0.1, 0.15) is 0 Å². The van der Waals surface area contributed by atoms with E-state index in [1.165, 1.54) is 0 Å². The van der Waals surface area contributed by atoms with E-state index in [0.29, 0.717) is 0 Å². The van der Waals surface area contributed by atoms with Gasteiger partial charge in [0.2, 0.25) is 0 Å². The summed E-state index contributed by atoms with van der Waals surface area (Å²) in [6.07, 6.45) is -1.83. The molecule has 0 aromatic carbocycles. The molecule has 0 aliphatic rings. The van der Waals surface area contributed by atoms with Crippen molar-refractivity contribution in [2.24, 2.45) is 10.2 Å². The summed E-state index contributed by atoms with van der Waals surface area (Å²) < 4.78 is 0. The molecule has 0 spiro atoms. The van der Waals surface area contributed by atoms with Gasteiger partial charge in [-0.1, -0.05) is 0 Å². The first-order chi connectivity index (χ1) is 4.54. The molecule has 0 saturated carbocycles. The maximum absolute atomic E-state index is 8.56. The molecule has 0 aliphatic heterocycles. The second kappa shape index (κ2) is 30.6. The van der Waals surface area contributed by atoms with Gasteiger partial charge in [-0.3, -0.25) is 5.41 Å². The molecule has 88 valence electrons. The number of carboxylic acid groups (broad SMARTS) is 2. The molecule has 0 unspecified atom stereocenters. The van der Waals surface area contributed by atoms with Crippen molar-refractivity contribution in [1.29, 1.82) is 16.5 Å². The summed E-state index contributed by atoms with van der Waals surface area (Å²) in [6.45, 7) is 0. The Morgan fingerprint density at radius 2 is 1.07 bits per heavy atom.